The lowest BCUT2D eigenvalue weighted by molar-refractivity contribution is -0.117. The van der Waals surface area contributed by atoms with Gasteiger partial charge in [-0.2, -0.15) is 0 Å². The number of carbonyl (C=O) groups is 2. The van der Waals surface area contributed by atoms with Crippen molar-refractivity contribution < 1.29 is 9.59 Å². The fourth-order valence-corrected chi connectivity index (χ4v) is 1.36. The lowest BCUT2D eigenvalue weighted by Gasteiger charge is -2.05. The fourth-order valence-electron chi connectivity index (χ4n) is 1.13. The van der Waals surface area contributed by atoms with Crippen molar-refractivity contribution in [2.24, 2.45) is 5.73 Å². The van der Waals surface area contributed by atoms with Crippen LogP contribution in [0.1, 0.15) is 23.0 Å². The number of hydrogen-bond acceptors (Lipinski definition) is 3. The molecule has 0 aromatic carbocycles. The molecule has 0 saturated carbocycles. The van der Waals surface area contributed by atoms with Crippen molar-refractivity contribution in [3.63, 3.8) is 0 Å². The van der Waals surface area contributed by atoms with E-state index >= 15 is 0 Å². The van der Waals surface area contributed by atoms with E-state index in [9.17, 15) is 9.59 Å². The van der Waals surface area contributed by atoms with Crippen molar-refractivity contribution >= 4 is 23.4 Å². The van der Waals surface area contributed by atoms with Crippen LogP contribution in [0, 0.1) is 0 Å². The smallest absolute Gasteiger partial charge is 0.251 e. The van der Waals surface area contributed by atoms with Crippen LogP contribution in [0.5, 0.6) is 0 Å². The van der Waals surface area contributed by atoms with E-state index in [0.717, 1.165) is 5.69 Å². The Morgan fingerprint density at radius 1 is 1.50 bits per heavy atom. The highest BCUT2D eigenvalue weighted by Crippen LogP contribution is 2.11. The van der Waals surface area contributed by atoms with Gasteiger partial charge in [-0.25, -0.2) is 4.98 Å². The zero-order chi connectivity index (χ0) is 12.1. The van der Waals surface area contributed by atoms with E-state index in [1.807, 2.05) is 6.92 Å². The summed E-state index contributed by atoms with van der Waals surface area (Å²) in [7, 11) is 0. The highest BCUT2D eigenvalue weighted by atomic mass is 35.5. The molecule has 1 aromatic rings. The van der Waals surface area contributed by atoms with Gasteiger partial charge in [0.25, 0.3) is 5.91 Å². The number of aromatic nitrogens is 1. The lowest BCUT2D eigenvalue weighted by atomic mass is 10.2. The van der Waals surface area contributed by atoms with E-state index < -0.39 is 11.8 Å². The van der Waals surface area contributed by atoms with E-state index in [1.165, 1.54) is 6.07 Å². The van der Waals surface area contributed by atoms with Crippen LogP contribution in [0.3, 0.4) is 0 Å². The van der Waals surface area contributed by atoms with E-state index in [-0.39, 0.29) is 11.7 Å². The van der Waals surface area contributed by atoms with Gasteiger partial charge in [0.2, 0.25) is 5.91 Å². The van der Waals surface area contributed by atoms with E-state index in [4.69, 9.17) is 17.3 Å². The number of primary amides is 1. The van der Waals surface area contributed by atoms with Crippen molar-refractivity contribution in [2.45, 2.75) is 13.3 Å². The van der Waals surface area contributed by atoms with Crippen LogP contribution in [0.4, 0.5) is 0 Å². The molecule has 0 atom stereocenters. The Kier molecular flexibility index (Phi) is 4.25. The van der Waals surface area contributed by atoms with Gasteiger partial charge < -0.3 is 11.1 Å². The number of carbonyl (C=O) groups excluding carboxylic acids is 2. The van der Waals surface area contributed by atoms with Crippen LogP contribution in [0.2, 0.25) is 5.15 Å². The first kappa shape index (κ1) is 12.4. The van der Waals surface area contributed by atoms with Gasteiger partial charge in [0.05, 0.1) is 6.54 Å². The Morgan fingerprint density at radius 2 is 2.19 bits per heavy atom. The Hall–Kier alpha value is -1.62. The summed E-state index contributed by atoms with van der Waals surface area (Å²) in [4.78, 5) is 26.1. The molecule has 0 aliphatic carbocycles. The predicted molar refractivity (Wildman–Crippen MR) is 60.2 cm³/mol. The SMILES string of the molecule is CCc1cc(C(=O)NCC(N)=O)cc(Cl)n1. The molecule has 16 heavy (non-hydrogen) atoms. The molecule has 0 bridgehead atoms. The van der Waals surface area contributed by atoms with Crippen LogP contribution < -0.4 is 11.1 Å². The van der Waals surface area contributed by atoms with Crippen LogP contribution >= 0.6 is 11.6 Å². The van der Waals surface area contributed by atoms with Gasteiger partial charge in [0, 0.05) is 11.3 Å². The average molecular weight is 242 g/mol. The highest BCUT2D eigenvalue weighted by Gasteiger charge is 2.09. The summed E-state index contributed by atoms with van der Waals surface area (Å²) < 4.78 is 0. The topological polar surface area (TPSA) is 85.1 Å². The molecular formula is C10H12ClN3O2. The number of hydrogen-bond donors (Lipinski definition) is 2. The molecule has 6 heteroatoms. The third kappa shape index (κ3) is 3.51. The first-order chi connectivity index (χ1) is 7.52. The maximum Gasteiger partial charge on any atom is 0.251 e. The zero-order valence-corrected chi connectivity index (χ0v) is 9.54. The van der Waals surface area contributed by atoms with Crippen LogP contribution in [0.25, 0.3) is 0 Å². The molecule has 2 amide bonds. The molecule has 1 heterocycles. The van der Waals surface area contributed by atoms with Crippen molar-refractivity contribution in [3.8, 4) is 0 Å². The molecule has 86 valence electrons. The minimum atomic E-state index is -0.593. The molecule has 0 aliphatic heterocycles. The minimum Gasteiger partial charge on any atom is -0.368 e. The van der Waals surface area contributed by atoms with Crippen LogP contribution in [0.15, 0.2) is 12.1 Å². The Morgan fingerprint density at radius 3 is 2.75 bits per heavy atom. The molecule has 0 unspecified atom stereocenters. The summed E-state index contributed by atoms with van der Waals surface area (Å²) in [6, 6.07) is 3.07. The lowest BCUT2D eigenvalue weighted by Crippen LogP contribution is -2.33. The number of aryl methyl sites for hydroxylation is 1. The van der Waals surface area contributed by atoms with Gasteiger partial charge in [0.15, 0.2) is 0 Å². The maximum absolute atomic E-state index is 11.6. The van der Waals surface area contributed by atoms with Gasteiger partial charge in [0.1, 0.15) is 5.15 Å². The predicted octanol–water partition coefficient (Wildman–Crippen LogP) is 0.512. The van der Waals surface area contributed by atoms with Crippen molar-refractivity contribution in [1.29, 1.82) is 0 Å². The summed E-state index contributed by atoms with van der Waals surface area (Å²) in [6.07, 6.45) is 0.677. The summed E-state index contributed by atoms with van der Waals surface area (Å²) in [5.41, 5.74) is 6.01. The van der Waals surface area contributed by atoms with Crippen molar-refractivity contribution in [2.75, 3.05) is 6.54 Å². The largest absolute Gasteiger partial charge is 0.368 e. The number of halogens is 1. The second kappa shape index (κ2) is 5.46. The summed E-state index contributed by atoms with van der Waals surface area (Å²) in [6.45, 7) is 1.71. The third-order valence-electron chi connectivity index (χ3n) is 1.89. The standard InChI is InChI=1S/C10H12ClN3O2/c1-2-7-3-6(4-8(11)14-7)10(16)13-5-9(12)15/h3-4H,2,5H2,1H3,(H2,12,15)(H,13,16). The van der Waals surface area contributed by atoms with E-state index in [2.05, 4.69) is 10.3 Å². The number of pyridine rings is 1. The van der Waals surface area contributed by atoms with Gasteiger partial charge in [-0.15, -0.1) is 0 Å². The summed E-state index contributed by atoms with van der Waals surface area (Å²) in [5, 5.41) is 2.63. The van der Waals surface area contributed by atoms with Crippen LogP contribution in [-0.4, -0.2) is 23.3 Å². The quantitative estimate of drug-likeness (QED) is 0.754. The number of rotatable bonds is 4. The van der Waals surface area contributed by atoms with E-state index in [0.29, 0.717) is 12.0 Å². The Labute approximate surface area is 98.0 Å². The molecule has 0 fully saturated rings. The second-order valence-corrected chi connectivity index (χ2v) is 3.56. The molecule has 0 spiro atoms. The average Bonchev–Trinajstić information content (AvgIpc) is 2.24. The molecule has 1 rings (SSSR count). The molecular weight excluding hydrogens is 230 g/mol. The Balaban J connectivity index is 2.82. The van der Waals surface area contributed by atoms with Gasteiger partial charge >= 0.3 is 0 Å². The summed E-state index contributed by atoms with van der Waals surface area (Å²) in [5.74, 6) is -0.984. The van der Waals surface area contributed by atoms with Gasteiger partial charge in [-0.3, -0.25) is 9.59 Å². The first-order valence-corrected chi connectivity index (χ1v) is 5.13. The third-order valence-corrected chi connectivity index (χ3v) is 2.09. The van der Waals surface area contributed by atoms with Crippen molar-refractivity contribution in [3.05, 3.63) is 28.5 Å². The number of nitrogens with one attached hydrogen (secondary N) is 1. The summed E-state index contributed by atoms with van der Waals surface area (Å²) >= 11 is 5.75. The minimum absolute atomic E-state index is 0.194. The van der Waals surface area contributed by atoms with E-state index in [1.54, 1.807) is 6.07 Å². The second-order valence-electron chi connectivity index (χ2n) is 3.17. The molecule has 0 radical (unpaired) electrons. The molecule has 3 N–H and O–H groups in total. The molecule has 1 aromatic heterocycles. The zero-order valence-electron chi connectivity index (χ0n) is 8.79. The number of amides is 2. The fraction of sp³-hybridized carbons (Fsp3) is 0.300. The maximum atomic E-state index is 11.6. The van der Waals surface area contributed by atoms with Gasteiger partial charge in [-0.05, 0) is 18.6 Å². The number of nitrogens with two attached hydrogens (primary N) is 1. The molecule has 5 nitrogen and oxygen atoms in total. The molecule has 0 saturated heterocycles. The van der Waals surface area contributed by atoms with Crippen LogP contribution in [-0.2, 0) is 11.2 Å². The molecule has 0 aliphatic rings. The highest BCUT2D eigenvalue weighted by molar-refractivity contribution is 6.29. The Bertz CT molecular complexity index is 421. The normalized spacial score (nSPS) is 9.88. The van der Waals surface area contributed by atoms with Gasteiger partial charge in [-0.1, -0.05) is 18.5 Å². The monoisotopic (exact) mass is 241 g/mol. The first-order valence-electron chi connectivity index (χ1n) is 4.76. The van der Waals surface area contributed by atoms with Crippen molar-refractivity contribution in [1.82, 2.24) is 10.3 Å². The number of nitrogens with zero attached hydrogens (tertiary/aromatic N) is 1.